The van der Waals surface area contributed by atoms with Gasteiger partial charge in [0.1, 0.15) is 5.01 Å². The first-order chi connectivity index (χ1) is 8.24. The maximum atomic E-state index is 4.83. The first-order valence-electron chi connectivity index (χ1n) is 6.33. The molecule has 0 saturated carbocycles. The van der Waals surface area contributed by atoms with Gasteiger partial charge in [-0.3, -0.25) is 0 Å². The summed E-state index contributed by atoms with van der Waals surface area (Å²) in [6.45, 7) is 5.61. The van der Waals surface area contributed by atoms with Gasteiger partial charge >= 0.3 is 0 Å². The lowest BCUT2D eigenvalue weighted by atomic mass is 9.95. The van der Waals surface area contributed by atoms with Crippen molar-refractivity contribution in [3.63, 3.8) is 0 Å². The Bertz CT molecular complexity index is 532. The number of rotatable bonds is 1. The Balaban J connectivity index is 1.97. The number of piperidine rings is 1. The van der Waals surface area contributed by atoms with Crippen molar-refractivity contribution < 1.29 is 0 Å². The van der Waals surface area contributed by atoms with Crippen LogP contribution < -0.4 is 5.32 Å². The normalized spacial score (nSPS) is 25.3. The molecule has 90 valence electrons. The summed E-state index contributed by atoms with van der Waals surface area (Å²) in [6, 6.07) is 6.91. The Morgan fingerprint density at radius 1 is 1.41 bits per heavy atom. The molecule has 1 aliphatic rings. The number of nitrogens with zero attached hydrogens (tertiary/aromatic N) is 1. The molecule has 2 aromatic rings. The van der Waals surface area contributed by atoms with E-state index in [1.165, 1.54) is 33.6 Å². The molecule has 1 aromatic carbocycles. The summed E-state index contributed by atoms with van der Waals surface area (Å²) in [5.41, 5.74) is 2.47. The molecule has 17 heavy (non-hydrogen) atoms. The monoisotopic (exact) mass is 246 g/mol. The quantitative estimate of drug-likeness (QED) is 0.830. The van der Waals surface area contributed by atoms with Gasteiger partial charge < -0.3 is 5.32 Å². The van der Waals surface area contributed by atoms with Gasteiger partial charge in [-0.25, -0.2) is 4.98 Å². The predicted molar refractivity (Wildman–Crippen MR) is 73.5 cm³/mol. The lowest BCUT2D eigenvalue weighted by Crippen LogP contribution is -2.30. The average Bonchev–Trinajstić information content (AvgIpc) is 2.74. The number of hydrogen-bond donors (Lipinski definition) is 1. The third kappa shape index (κ3) is 2.09. The summed E-state index contributed by atoms with van der Waals surface area (Å²) in [4.78, 5) is 4.83. The molecule has 0 bridgehead atoms. The van der Waals surface area contributed by atoms with Crippen molar-refractivity contribution in [3.05, 3.63) is 28.8 Å². The molecule has 3 heteroatoms. The van der Waals surface area contributed by atoms with Crippen molar-refractivity contribution in [1.82, 2.24) is 10.3 Å². The number of para-hydroxylation sites is 1. The second-order valence-electron chi connectivity index (χ2n) is 5.11. The SMILES string of the molecule is Cc1cccc2sc(C3CC(C)CCN3)nc12. The molecule has 2 nitrogen and oxygen atoms in total. The smallest absolute Gasteiger partial charge is 0.111 e. The van der Waals surface area contributed by atoms with Crippen molar-refractivity contribution in [2.24, 2.45) is 5.92 Å². The number of nitrogens with one attached hydrogen (secondary N) is 1. The molecule has 0 spiro atoms. The van der Waals surface area contributed by atoms with Gasteiger partial charge in [-0.1, -0.05) is 19.1 Å². The van der Waals surface area contributed by atoms with Crippen LogP contribution in [0.2, 0.25) is 0 Å². The Kier molecular flexibility index (Phi) is 2.89. The van der Waals surface area contributed by atoms with E-state index in [4.69, 9.17) is 4.98 Å². The maximum absolute atomic E-state index is 4.83. The summed E-state index contributed by atoms with van der Waals surface area (Å²) < 4.78 is 1.32. The first kappa shape index (κ1) is 11.2. The van der Waals surface area contributed by atoms with Crippen LogP contribution in [0.15, 0.2) is 18.2 Å². The molecule has 1 aromatic heterocycles. The molecule has 1 fully saturated rings. The van der Waals surface area contributed by atoms with E-state index < -0.39 is 0 Å². The number of hydrogen-bond acceptors (Lipinski definition) is 3. The zero-order valence-electron chi connectivity index (χ0n) is 10.4. The van der Waals surface area contributed by atoms with Gasteiger partial charge in [0.2, 0.25) is 0 Å². The van der Waals surface area contributed by atoms with Crippen molar-refractivity contribution in [3.8, 4) is 0 Å². The van der Waals surface area contributed by atoms with E-state index in [2.05, 4.69) is 37.4 Å². The van der Waals surface area contributed by atoms with Crippen LogP contribution in [0, 0.1) is 12.8 Å². The van der Waals surface area contributed by atoms with E-state index in [0.29, 0.717) is 6.04 Å². The Morgan fingerprint density at radius 3 is 3.06 bits per heavy atom. The molecule has 0 amide bonds. The second-order valence-corrected chi connectivity index (χ2v) is 6.17. The van der Waals surface area contributed by atoms with Gasteiger partial charge in [0.25, 0.3) is 0 Å². The van der Waals surface area contributed by atoms with E-state index in [-0.39, 0.29) is 0 Å². The molecule has 1 saturated heterocycles. The number of aryl methyl sites for hydroxylation is 1. The topological polar surface area (TPSA) is 24.9 Å². The highest BCUT2D eigenvalue weighted by Gasteiger charge is 2.22. The Morgan fingerprint density at radius 2 is 2.29 bits per heavy atom. The maximum Gasteiger partial charge on any atom is 0.111 e. The fourth-order valence-corrected chi connectivity index (χ4v) is 3.68. The van der Waals surface area contributed by atoms with Gasteiger partial charge in [0.15, 0.2) is 0 Å². The van der Waals surface area contributed by atoms with Crippen LogP contribution >= 0.6 is 11.3 Å². The van der Waals surface area contributed by atoms with Crippen LogP contribution in [0.5, 0.6) is 0 Å². The molecule has 0 aliphatic carbocycles. The number of fused-ring (bicyclic) bond motifs is 1. The first-order valence-corrected chi connectivity index (χ1v) is 7.15. The fourth-order valence-electron chi connectivity index (χ4n) is 2.55. The minimum Gasteiger partial charge on any atom is -0.308 e. The van der Waals surface area contributed by atoms with Crippen molar-refractivity contribution >= 4 is 21.6 Å². The van der Waals surface area contributed by atoms with E-state index in [1.54, 1.807) is 0 Å². The standard InChI is InChI=1S/C14H18N2S/c1-9-6-7-15-11(8-9)14-16-13-10(2)4-3-5-12(13)17-14/h3-5,9,11,15H,6-8H2,1-2H3. The van der Waals surface area contributed by atoms with Crippen LogP contribution in [0.25, 0.3) is 10.2 Å². The van der Waals surface area contributed by atoms with Crippen molar-refractivity contribution in [1.29, 1.82) is 0 Å². The van der Waals surface area contributed by atoms with Crippen molar-refractivity contribution in [2.45, 2.75) is 32.7 Å². The van der Waals surface area contributed by atoms with Crippen LogP contribution in [0.4, 0.5) is 0 Å². The Labute approximate surface area is 106 Å². The summed E-state index contributed by atoms with van der Waals surface area (Å²) >= 11 is 1.85. The zero-order valence-corrected chi connectivity index (χ0v) is 11.2. The molecule has 2 atom stereocenters. The molecule has 2 unspecified atom stereocenters. The molecule has 2 heterocycles. The summed E-state index contributed by atoms with van der Waals surface area (Å²) in [5, 5.41) is 4.86. The van der Waals surface area contributed by atoms with Crippen LogP contribution in [-0.4, -0.2) is 11.5 Å². The lowest BCUT2D eigenvalue weighted by molar-refractivity contribution is 0.325. The summed E-state index contributed by atoms with van der Waals surface area (Å²) in [5.74, 6) is 0.814. The molecular formula is C14H18N2S. The fraction of sp³-hybridized carbons (Fsp3) is 0.500. The zero-order chi connectivity index (χ0) is 11.8. The summed E-state index contributed by atoms with van der Waals surface area (Å²) in [6.07, 6.45) is 2.51. The van der Waals surface area contributed by atoms with Gasteiger partial charge in [-0.15, -0.1) is 11.3 Å². The number of thiazole rings is 1. The third-order valence-corrected chi connectivity index (χ3v) is 4.74. The van der Waals surface area contributed by atoms with Gasteiger partial charge in [0, 0.05) is 0 Å². The molecule has 1 N–H and O–H groups in total. The second kappa shape index (κ2) is 4.39. The lowest BCUT2D eigenvalue weighted by Gasteiger charge is -2.26. The average molecular weight is 246 g/mol. The molecule has 0 radical (unpaired) electrons. The minimum atomic E-state index is 0.468. The highest BCUT2D eigenvalue weighted by atomic mass is 32.1. The largest absolute Gasteiger partial charge is 0.308 e. The highest BCUT2D eigenvalue weighted by molar-refractivity contribution is 7.18. The number of benzene rings is 1. The Hall–Kier alpha value is -0.930. The van der Waals surface area contributed by atoms with E-state index >= 15 is 0 Å². The third-order valence-electron chi connectivity index (χ3n) is 3.60. The molecular weight excluding hydrogens is 228 g/mol. The van der Waals surface area contributed by atoms with Crippen LogP contribution in [-0.2, 0) is 0 Å². The van der Waals surface area contributed by atoms with Gasteiger partial charge in [0.05, 0.1) is 16.3 Å². The molecule has 3 rings (SSSR count). The van der Waals surface area contributed by atoms with Gasteiger partial charge in [-0.2, -0.15) is 0 Å². The molecule has 1 aliphatic heterocycles. The van der Waals surface area contributed by atoms with Gasteiger partial charge in [-0.05, 0) is 43.9 Å². The summed E-state index contributed by atoms with van der Waals surface area (Å²) in [7, 11) is 0. The van der Waals surface area contributed by atoms with Crippen molar-refractivity contribution in [2.75, 3.05) is 6.54 Å². The van der Waals surface area contributed by atoms with Crippen LogP contribution in [0.1, 0.15) is 36.4 Å². The number of aromatic nitrogens is 1. The highest BCUT2D eigenvalue weighted by Crippen LogP contribution is 2.33. The minimum absolute atomic E-state index is 0.468. The van der Waals surface area contributed by atoms with E-state index in [1.807, 2.05) is 11.3 Å². The van der Waals surface area contributed by atoms with E-state index in [9.17, 15) is 0 Å². The van der Waals surface area contributed by atoms with Crippen LogP contribution in [0.3, 0.4) is 0 Å². The predicted octanol–water partition coefficient (Wildman–Crippen LogP) is 3.67. The van der Waals surface area contributed by atoms with E-state index in [0.717, 1.165) is 12.5 Å².